The minimum absolute atomic E-state index is 0.0419. The average molecular weight is 358 g/mol. The number of aromatic nitrogens is 2. The number of benzene rings is 1. The molecule has 0 spiro atoms. The molecule has 2 heterocycles. The molecule has 25 heavy (non-hydrogen) atoms. The summed E-state index contributed by atoms with van der Waals surface area (Å²) in [5.74, 6) is 1.15. The summed E-state index contributed by atoms with van der Waals surface area (Å²) in [6.45, 7) is 7.17. The Hall–Kier alpha value is -2.12. The summed E-state index contributed by atoms with van der Waals surface area (Å²) in [4.78, 5) is 22.9. The molecular formula is C18H22N4O2S. The summed E-state index contributed by atoms with van der Waals surface area (Å²) in [6, 6.07) is 7.85. The lowest BCUT2D eigenvalue weighted by Gasteiger charge is -2.27. The fraction of sp³-hybridized carbons (Fsp3) is 0.389. The van der Waals surface area contributed by atoms with Crippen LogP contribution in [0.15, 0.2) is 35.6 Å². The molecule has 0 bridgehead atoms. The number of nitrogens with zero attached hydrogens (tertiary/aromatic N) is 3. The van der Waals surface area contributed by atoms with Crippen molar-refractivity contribution in [2.75, 3.05) is 42.3 Å². The summed E-state index contributed by atoms with van der Waals surface area (Å²) in [5, 5.41) is 3.73. The second-order valence-corrected chi connectivity index (χ2v) is 6.95. The second-order valence-electron chi connectivity index (χ2n) is 5.95. The number of aryl methyl sites for hydroxylation is 2. The highest BCUT2D eigenvalue weighted by atomic mass is 32.2. The van der Waals surface area contributed by atoms with Gasteiger partial charge in [-0.2, -0.15) is 0 Å². The molecule has 0 atom stereocenters. The van der Waals surface area contributed by atoms with Gasteiger partial charge in [-0.25, -0.2) is 9.97 Å². The van der Waals surface area contributed by atoms with Gasteiger partial charge in [-0.3, -0.25) is 4.79 Å². The van der Waals surface area contributed by atoms with E-state index in [4.69, 9.17) is 4.74 Å². The Balaban J connectivity index is 1.55. The standard InChI is InChI=1S/C18H22N4O2S/c1-13-3-4-15(9-14(13)2)21-17(23)11-25-18-10-16(19-12-20-18)22-5-7-24-8-6-22/h3-4,9-10,12H,5-8,11H2,1-2H3,(H,21,23). The lowest BCUT2D eigenvalue weighted by Crippen LogP contribution is -2.36. The minimum atomic E-state index is -0.0419. The predicted molar refractivity (Wildman–Crippen MR) is 100 cm³/mol. The van der Waals surface area contributed by atoms with Crippen LogP contribution in [0.1, 0.15) is 11.1 Å². The molecule has 1 aliphatic rings. The van der Waals surface area contributed by atoms with E-state index < -0.39 is 0 Å². The molecule has 1 aliphatic heterocycles. The van der Waals surface area contributed by atoms with Gasteiger partial charge >= 0.3 is 0 Å². The maximum absolute atomic E-state index is 12.2. The van der Waals surface area contributed by atoms with Crippen molar-refractivity contribution in [1.82, 2.24) is 9.97 Å². The second kappa shape index (κ2) is 8.31. The van der Waals surface area contributed by atoms with Gasteiger partial charge in [-0.15, -0.1) is 0 Å². The van der Waals surface area contributed by atoms with E-state index in [1.807, 2.05) is 31.2 Å². The first-order chi connectivity index (χ1) is 12.1. The predicted octanol–water partition coefficient (Wildman–Crippen LogP) is 2.66. The molecule has 2 aromatic rings. The van der Waals surface area contributed by atoms with E-state index in [0.717, 1.165) is 35.2 Å². The van der Waals surface area contributed by atoms with Crippen LogP contribution in [0.5, 0.6) is 0 Å². The largest absolute Gasteiger partial charge is 0.378 e. The SMILES string of the molecule is Cc1ccc(NC(=O)CSc2cc(N3CCOCC3)ncn2)cc1C. The number of hydrogen-bond acceptors (Lipinski definition) is 6. The van der Waals surface area contributed by atoms with E-state index in [0.29, 0.717) is 19.0 Å². The number of ether oxygens (including phenoxy) is 1. The fourth-order valence-corrected chi connectivity index (χ4v) is 3.19. The Morgan fingerprint density at radius 3 is 2.76 bits per heavy atom. The van der Waals surface area contributed by atoms with Crippen molar-refractivity contribution in [3.05, 3.63) is 41.7 Å². The van der Waals surface area contributed by atoms with Gasteiger partial charge in [0.25, 0.3) is 0 Å². The number of rotatable bonds is 5. The Kier molecular flexibility index (Phi) is 5.88. The summed E-state index contributed by atoms with van der Waals surface area (Å²) < 4.78 is 5.36. The van der Waals surface area contributed by atoms with Gasteiger partial charge in [0.05, 0.1) is 19.0 Å². The van der Waals surface area contributed by atoms with Crippen LogP contribution in [-0.2, 0) is 9.53 Å². The maximum atomic E-state index is 12.2. The highest BCUT2D eigenvalue weighted by Crippen LogP contribution is 2.21. The zero-order chi connectivity index (χ0) is 17.6. The van der Waals surface area contributed by atoms with E-state index in [-0.39, 0.29) is 5.91 Å². The van der Waals surface area contributed by atoms with Gasteiger partial charge in [-0.1, -0.05) is 17.8 Å². The van der Waals surface area contributed by atoms with E-state index in [1.54, 1.807) is 6.33 Å². The summed E-state index contributed by atoms with van der Waals surface area (Å²) >= 11 is 1.41. The molecule has 1 aromatic carbocycles. The van der Waals surface area contributed by atoms with E-state index in [1.165, 1.54) is 17.3 Å². The van der Waals surface area contributed by atoms with Crippen LogP contribution in [0, 0.1) is 13.8 Å². The van der Waals surface area contributed by atoms with Crippen LogP contribution in [0.4, 0.5) is 11.5 Å². The first-order valence-corrected chi connectivity index (χ1v) is 9.25. The molecule has 0 saturated carbocycles. The van der Waals surface area contributed by atoms with E-state index >= 15 is 0 Å². The Labute approximate surface area is 152 Å². The van der Waals surface area contributed by atoms with Crippen LogP contribution >= 0.6 is 11.8 Å². The van der Waals surface area contributed by atoms with Crippen molar-refractivity contribution in [3.8, 4) is 0 Å². The van der Waals surface area contributed by atoms with Crippen LogP contribution in [0.25, 0.3) is 0 Å². The number of carbonyl (C=O) groups is 1. The quantitative estimate of drug-likeness (QED) is 0.655. The van der Waals surface area contributed by atoms with Gasteiger partial charge in [0, 0.05) is 24.8 Å². The monoisotopic (exact) mass is 358 g/mol. The topological polar surface area (TPSA) is 67.4 Å². The van der Waals surface area contributed by atoms with Crippen molar-refractivity contribution in [2.45, 2.75) is 18.9 Å². The van der Waals surface area contributed by atoms with E-state index in [9.17, 15) is 4.79 Å². The number of thioether (sulfide) groups is 1. The number of nitrogens with one attached hydrogen (secondary N) is 1. The Morgan fingerprint density at radius 1 is 1.20 bits per heavy atom. The van der Waals surface area contributed by atoms with Gasteiger partial charge in [-0.05, 0) is 37.1 Å². The van der Waals surface area contributed by atoms with Crippen LogP contribution in [-0.4, -0.2) is 47.9 Å². The molecule has 0 aliphatic carbocycles. The third-order valence-corrected chi connectivity index (χ3v) is 5.03. The zero-order valence-electron chi connectivity index (χ0n) is 14.5. The highest BCUT2D eigenvalue weighted by Gasteiger charge is 2.13. The third-order valence-electron chi connectivity index (χ3n) is 4.10. The Morgan fingerprint density at radius 2 is 2.00 bits per heavy atom. The van der Waals surface area contributed by atoms with Gasteiger partial charge in [0.2, 0.25) is 5.91 Å². The van der Waals surface area contributed by atoms with Crippen molar-refractivity contribution in [1.29, 1.82) is 0 Å². The molecule has 3 rings (SSSR count). The smallest absolute Gasteiger partial charge is 0.234 e. The summed E-state index contributed by atoms with van der Waals surface area (Å²) in [7, 11) is 0. The molecule has 0 unspecified atom stereocenters. The fourth-order valence-electron chi connectivity index (χ4n) is 2.53. The number of hydrogen-bond donors (Lipinski definition) is 1. The van der Waals surface area contributed by atoms with Crippen LogP contribution < -0.4 is 10.2 Å². The van der Waals surface area contributed by atoms with Crippen molar-refractivity contribution >= 4 is 29.2 Å². The molecule has 1 fully saturated rings. The van der Waals surface area contributed by atoms with Crippen molar-refractivity contribution in [2.24, 2.45) is 0 Å². The molecule has 1 saturated heterocycles. The van der Waals surface area contributed by atoms with E-state index in [2.05, 4.69) is 27.1 Å². The summed E-state index contributed by atoms with van der Waals surface area (Å²) in [5.41, 5.74) is 3.20. The van der Waals surface area contributed by atoms with Gasteiger partial charge in [0.15, 0.2) is 0 Å². The van der Waals surface area contributed by atoms with Crippen molar-refractivity contribution < 1.29 is 9.53 Å². The number of carbonyl (C=O) groups excluding carboxylic acids is 1. The van der Waals surface area contributed by atoms with Gasteiger partial charge < -0.3 is 15.0 Å². The zero-order valence-corrected chi connectivity index (χ0v) is 15.3. The van der Waals surface area contributed by atoms with Crippen molar-refractivity contribution in [3.63, 3.8) is 0 Å². The highest BCUT2D eigenvalue weighted by molar-refractivity contribution is 7.99. The first kappa shape index (κ1) is 17.7. The molecule has 7 heteroatoms. The third kappa shape index (κ3) is 4.93. The van der Waals surface area contributed by atoms with Gasteiger partial charge in [0.1, 0.15) is 17.2 Å². The number of amides is 1. The molecule has 0 radical (unpaired) electrons. The Bertz CT molecular complexity index is 748. The molecule has 132 valence electrons. The molecular weight excluding hydrogens is 336 g/mol. The normalized spacial score (nSPS) is 14.4. The first-order valence-electron chi connectivity index (χ1n) is 8.26. The molecule has 1 amide bonds. The molecule has 1 aromatic heterocycles. The lowest BCUT2D eigenvalue weighted by atomic mass is 10.1. The number of anilines is 2. The number of morpholine rings is 1. The molecule has 1 N–H and O–H groups in total. The molecule has 6 nitrogen and oxygen atoms in total. The average Bonchev–Trinajstić information content (AvgIpc) is 2.64. The maximum Gasteiger partial charge on any atom is 0.234 e. The minimum Gasteiger partial charge on any atom is -0.378 e. The lowest BCUT2D eigenvalue weighted by molar-refractivity contribution is -0.113. The summed E-state index contributed by atoms with van der Waals surface area (Å²) in [6.07, 6.45) is 1.55. The van der Waals surface area contributed by atoms with Crippen LogP contribution in [0.3, 0.4) is 0 Å². The van der Waals surface area contributed by atoms with Crippen LogP contribution in [0.2, 0.25) is 0 Å².